The van der Waals surface area contributed by atoms with Gasteiger partial charge in [-0.1, -0.05) is 41.9 Å². The zero-order chi connectivity index (χ0) is 14.7. The van der Waals surface area contributed by atoms with Crippen molar-refractivity contribution in [2.45, 2.75) is 31.2 Å². The molecule has 0 bridgehead atoms. The summed E-state index contributed by atoms with van der Waals surface area (Å²) in [6.45, 7) is 0.860. The van der Waals surface area contributed by atoms with Crippen molar-refractivity contribution in [2.24, 2.45) is 0 Å². The first-order valence-corrected chi connectivity index (χ1v) is 7.82. The molecule has 1 saturated carbocycles. The highest BCUT2D eigenvalue weighted by Crippen LogP contribution is 2.26. The molecule has 1 aliphatic carbocycles. The van der Waals surface area contributed by atoms with Crippen LogP contribution >= 0.6 is 11.6 Å². The average Bonchev–Trinajstić information content (AvgIpc) is 3.29. The van der Waals surface area contributed by atoms with Gasteiger partial charge in [-0.25, -0.2) is 4.39 Å². The van der Waals surface area contributed by atoms with Crippen LogP contribution in [0.2, 0.25) is 5.02 Å². The Morgan fingerprint density at radius 2 is 1.95 bits per heavy atom. The standard InChI is InChI=1S/C18H19ClFN/c19-16-6-3-5-13(11-16)15(12-21-17-8-9-17)10-14-4-1-2-7-18(14)20/h1-7,11,15,17,21H,8-10,12H2. The minimum atomic E-state index is -0.129. The second kappa shape index (κ2) is 6.59. The number of hydrogen-bond acceptors (Lipinski definition) is 1. The summed E-state index contributed by atoms with van der Waals surface area (Å²) < 4.78 is 13.9. The summed E-state index contributed by atoms with van der Waals surface area (Å²) in [6.07, 6.45) is 3.19. The Hall–Kier alpha value is -1.38. The zero-order valence-electron chi connectivity index (χ0n) is 11.9. The first-order chi connectivity index (χ1) is 10.2. The van der Waals surface area contributed by atoms with Crippen LogP contribution in [0.15, 0.2) is 48.5 Å². The molecule has 0 heterocycles. The molecular formula is C18H19ClFN. The van der Waals surface area contributed by atoms with Crippen molar-refractivity contribution in [3.05, 3.63) is 70.5 Å². The molecule has 2 aromatic rings. The van der Waals surface area contributed by atoms with E-state index in [0.29, 0.717) is 12.5 Å². The lowest BCUT2D eigenvalue weighted by molar-refractivity contribution is 0.552. The summed E-state index contributed by atoms with van der Waals surface area (Å²) in [5.74, 6) is 0.108. The summed E-state index contributed by atoms with van der Waals surface area (Å²) in [5, 5.41) is 4.28. The molecule has 1 fully saturated rings. The minimum Gasteiger partial charge on any atom is -0.313 e. The van der Waals surface area contributed by atoms with Crippen LogP contribution in [-0.2, 0) is 6.42 Å². The molecule has 1 unspecified atom stereocenters. The summed E-state index contributed by atoms with van der Waals surface area (Å²) in [5.41, 5.74) is 1.93. The van der Waals surface area contributed by atoms with Gasteiger partial charge in [0.2, 0.25) is 0 Å². The van der Waals surface area contributed by atoms with Crippen LogP contribution in [0.25, 0.3) is 0 Å². The molecule has 0 saturated heterocycles. The fourth-order valence-electron chi connectivity index (χ4n) is 2.59. The highest BCUT2D eigenvalue weighted by molar-refractivity contribution is 6.30. The molecule has 0 radical (unpaired) electrons. The Kier molecular flexibility index (Phi) is 4.57. The first-order valence-electron chi connectivity index (χ1n) is 7.44. The Morgan fingerprint density at radius 3 is 2.67 bits per heavy atom. The van der Waals surface area contributed by atoms with E-state index in [1.165, 1.54) is 24.5 Å². The van der Waals surface area contributed by atoms with Crippen LogP contribution < -0.4 is 5.32 Å². The fourth-order valence-corrected chi connectivity index (χ4v) is 2.79. The Balaban J connectivity index is 1.79. The molecule has 1 N–H and O–H groups in total. The Bertz CT molecular complexity index is 610. The molecule has 3 rings (SSSR count). The van der Waals surface area contributed by atoms with Gasteiger partial charge in [0.15, 0.2) is 0 Å². The Morgan fingerprint density at radius 1 is 1.14 bits per heavy atom. The lowest BCUT2D eigenvalue weighted by Gasteiger charge is -2.19. The maximum atomic E-state index is 13.9. The molecule has 110 valence electrons. The molecule has 0 amide bonds. The molecule has 1 nitrogen and oxygen atoms in total. The van der Waals surface area contributed by atoms with Gasteiger partial charge in [0.25, 0.3) is 0 Å². The van der Waals surface area contributed by atoms with Gasteiger partial charge in [0.05, 0.1) is 0 Å². The first kappa shape index (κ1) is 14.6. The second-order valence-electron chi connectivity index (χ2n) is 5.73. The summed E-state index contributed by atoms with van der Waals surface area (Å²) >= 11 is 6.10. The molecule has 1 aliphatic rings. The highest BCUT2D eigenvalue weighted by Gasteiger charge is 2.23. The predicted molar refractivity (Wildman–Crippen MR) is 85.3 cm³/mol. The van der Waals surface area contributed by atoms with Gasteiger partial charge < -0.3 is 5.32 Å². The van der Waals surface area contributed by atoms with Crippen LogP contribution in [0.4, 0.5) is 4.39 Å². The third-order valence-corrected chi connectivity index (χ3v) is 4.21. The Labute approximate surface area is 130 Å². The van der Waals surface area contributed by atoms with Gasteiger partial charge in [0, 0.05) is 23.5 Å². The van der Waals surface area contributed by atoms with Crippen molar-refractivity contribution in [1.82, 2.24) is 5.32 Å². The van der Waals surface area contributed by atoms with Gasteiger partial charge in [-0.05, 0) is 48.6 Å². The smallest absolute Gasteiger partial charge is 0.126 e. The lowest BCUT2D eigenvalue weighted by atomic mass is 9.91. The van der Waals surface area contributed by atoms with Gasteiger partial charge in [-0.2, -0.15) is 0 Å². The molecular weight excluding hydrogens is 285 g/mol. The minimum absolute atomic E-state index is 0.129. The average molecular weight is 304 g/mol. The van der Waals surface area contributed by atoms with Crippen LogP contribution in [0.1, 0.15) is 29.9 Å². The number of rotatable bonds is 6. The third kappa shape index (κ3) is 4.05. The second-order valence-corrected chi connectivity index (χ2v) is 6.17. The van der Waals surface area contributed by atoms with Crippen molar-refractivity contribution in [2.75, 3.05) is 6.54 Å². The SMILES string of the molecule is Fc1ccccc1CC(CNC1CC1)c1cccc(Cl)c1. The maximum absolute atomic E-state index is 13.9. The summed E-state index contributed by atoms with van der Waals surface area (Å²) in [6, 6.07) is 15.6. The third-order valence-electron chi connectivity index (χ3n) is 3.97. The van der Waals surface area contributed by atoms with Gasteiger partial charge in [0.1, 0.15) is 5.82 Å². The number of nitrogens with one attached hydrogen (secondary N) is 1. The van der Waals surface area contributed by atoms with E-state index >= 15 is 0 Å². The van der Waals surface area contributed by atoms with E-state index in [0.717, 1.165) is 17.1 Å². The van der Waals surface area contributed by atoms with Crippen molar-refractivity contribution in [3.63, 3.8) is 0 Å². The normalized spacial score (nSPS) is 15.9. The molecule has 2 aromatic carbocycles. The van der Waals surface area contributed by atoms with E-state index in [1.807, 2.05) is 30.3 Å². The zero-order valence-corrected chi connectivity index (χ0v) is 12.6. The molecule has 21 heavy (non-hydrogen) atoms. The summed E-state index contributed by atoms with van der Waals surface area (Å²) in [4.78, 5) is 0. The monoisotopic (exact) mass is 303 g/mol. The number of benzene rings is 2. The van der Waals surface area contributed by atoms with E-state index in [2.05, 4.69) is 11.4 Å². The highest BCUT2D eigenvalue weighted by atomic mass is 35.5. The fraction of sp³-hybridized carbons (Fsp3) is 0.333. The molecule has 0 aliphatic heterocycles. The van der Waals surface area contributed by atoms with Crippen molar-refractivity contribution >= 4 is 11.6 Å². The molecule has 1 atom stereocenters. The van der Waals surface area contributed by atoms with Crippen molar-refractivity contribution < 1.29 is 4.39 Å². The van der Waals surface area contributed by atoms with Crippen LogP contribution in [-0.4, -0.2) is 12.6 Å². The topological polar surface area (TPSA) is 12.0 Å². The number of halogens is 2. The molecule has 0 spiro atoms. The van der Waals surface area contributed by atoms with E-state index in [4.69, 9.17) is 11.6 Å². The van der Waals surface area contributed by atoms with Gasteiger partial charge in [-0.15, -0.1) is 0 Å². The quantitative estimate of drug-likeness (QED) is 0.825. The van der Waals surface area contributed by atoms with Gasteiger partial charge >= 0.3 is 0 Å². The van der Waals surface area contributed by atoms with E-state index in [1.54, 1.807) is 6.07 Å². The van der Waals surface area contributed by atoms with E-state index in [-0.39, 0.29) is 11.7 Å². The summed E-state index contributed by atoms with van der Waals surface area (Å²) in [7, 11) is 0. The molecule has 3 heteroatoms. The molecule has 0 aromatic heterocycles. The van der Waals surface area contributed by atoms with E-state index < -0.39 is 0 Å². The van der Waals surface area contributed by atoms with Crippen LogP contribution in [0, 0.1) is 5.82 Å². The van der Waals surface area contributed by atoms with Crippen LogP contribution in [0.5, 0.6) is 0 Å². The van der Waals surface area contributed by atoms with Crippen molar-refractivity contribution in [1.29, 1.82) is 0 Å². The van der Waals surface area contributed by atoms with E-state index in [9.17, 15) is 4.39 Å². The van der Waals surface area contributed by atoms with Crippen molar-refractivity contribution in [3.8, 4) is 0 Å². The largest absolute Gasteiger partial charge is 0.313 e. The predicted octanol–water partition coefficient (Wildman–Crippen LogP) is 4.56. The maximum Gasteiger partial charge on any atom is 0.126 e. The lowest BCUT2D eigenvalue weighted by Crippen LogP contribution is -2.25. The van der Waals surface area contributed by atoms with Gasteiger partial charge in [-0.3, -0.25) is 0 Å². The number of hydrogen-bond donors (Lipinski definition) is 1. The van der Waals surface area contributed by atoms with Crippen LogP contribution in [0.3, 0.4) is 0 Å².